The molecule has 2 aromatic heterocycles. The van der Waals surface area contributed by atoms with Crippen molar-refractivity contribution in [2.45, 2.75) is 59.3 Å². The Morgan fingerprint density at radius 2 is 1.93 bits per heavy atom. The Morgan fingerprint density at radius 1 is 1.14 bits per heavy atom. The van der Waals surface area contributed by atoms with Crippen molar-refractivity contribution in [1.82, 2.24) is 29.5 Å². The van der Waals surface area contributed by atoms with E-state index in [9.17, 15) is 0 Å². The Kier molecular flexibility index (Phi) is 4.29. The second-order valence-electron chi connectivity index (χ2n) is 9.05. The Balaban J connectivity index is 1.51. The summed E-state index contributed by atoms with van der Waals surface area (Å²) in [5, 5.41) is 9.32. The highest BCUT2D eigenvalue weighted by Crippen LogP contribution is 2.36. The third-order valence-corrected chi connectivity index (χ3v) is 6.66. The average Bonchev–Trinajstić information content (AvgIpc) is 3.37. The molecule has 28 heavy (non-hydrogen) atoms. The minimum Gasteiger partial charge on any atom is -0.311 e. The fraction of sp³-hybridized carbons (Fsp3) is 0.545. The van der Waals surface area contributed by atoms with E-state index < -0.39 is 0 Å². The fourth-order valence-corrected chi connectivity index (χ4v) is 4.74. The van der Waals surface area contributed by atoms with Gasteiger partial charge >= 0.3 is 0 Å². The van der Waals surface area contributed by atoms with Crippen molar-refractivity contribution in [2.75, 3.05) is 13.1 Å². The van der Waals surface area contributed by atoms with Crippen LogP contribution in [0.4, 0.5) is 0 Å². The molecular weight excluding hydrogens is 348 g/mol. The number of nitrogens with one attached hydrogen (secondary N) is 1. The third-order valence-electron chi connectivity index (χ3n) is 6.66. The summed E-state index contributed by atoms with van der Waals surface area (Å²) in [4.78, 5) is 7.61. The van der Waals surface area contributed by atoms with Crippen molar-refractivity contribution < 1.29 is 0 Å². The zero-order valence-corrected chi connectivity index (χ0v) is 17.1. The number of piperidine rings is 1. The highest BCUT2D eigenvalue weighted by Gasteiger charge is 2.34. The van der Waals surface area contributed by atoms with Gasteiger partial charge in [-0.1, -0.05) is 25.1 Å². The van der Waals surface area contributed by atoms with E-state index in [1.54, 1.807) is 0 Å². The first-order valence-electron chi connectivity index (χ1n) is 10.5. The molecule has 0 aliphatic carbocycles. The van der Waals surface area contributed by atoms with Crippen LogP contribution in [0, 0.1) is 5.41 Å². The Labute approximate surface area is 166 Å². The average molecular weight is 379 g/mol. The summed E-state index contributed by atoms with van der Waals surface area (Å²) in [5.41, 5.74) is 3.93. The van der Waals surface area contributed by atoms with E-state index in [1.165, 1.54) is 37.3 Å². The minimum atomic E-state index is 0.292. The third kappa shape index (κ3) is 2.95. The van der Waals surface area contributed by atoms with Crippen LogP contribution in [-0.4, -0.2) is 43.4 Å². The number of para-hydroxylation sites is 1. The monoisotopic (exact) mass is 378 g/mol. The zero-order valence-electron chi connectivity index (χ0n) is 17.1. The van der Waals surface area contributed by atoms with Crippen molar-refractivity contribution in [1.29, 1.82) is 0 Å². The molecule has 0 unspecified atom stereocenters. The normalized spacial score (nSPS) is 19.6. The number of likely N-dealkylation sites (tertiary alicyclic amines) is 1. The van der Waals surface area contributed by atoms with Crippen LogP contribution in [0.5, 0.6) is 0 Å². The fourth-order valence-electron chi connectivity index (χ4n) is 4.74. The number of nitrogens with zero attached hydrogens (tertiary/aromatic N) is 5. The van der Waals surface area contributed by atoms with E-state index in [2.05, 4.69) is 59.8 Å². The molecule has 0 atom stereocenters. The molecule has 3 aromatic rings. The molecule has 1 saturated heterocycles. The number of aromatic nitrogens is 4. The first-order chi connectivity index (χ1) is 13.5. The quantitative estimate of drug-likeness (QED) is 0.757. The lowest BCUT2D eigenvalue weighted by atomic mass is 9.80. The second kappa shape index (κ2) is 6.71. The van der Waals surface area contributed by atoms with Crippen LogP contribution in [0.2, 0.25) is 0 Å². The van der Waals surface area contributed by atoms with Crippen molar-refractivity contribution in [2.24, 2.45) is 5.41 Å². The van der Waals surface area contributed by atoms with E-state index in [0.717, 1.165) is 36.5 Å². The van der Waals surface area contributed by atoms with Crippen LogP contribution in [0.15, 0.2) is 30.5 Å². The molecule has 6 nitrogen and oxygen atoms in total. The number of fused-ring (bicyclic) bond motifs is 2. The molecule has 2 aliphatic rings. The number of hydrogen-bond donors (Lipinski definition) is 1. The molecule has 0 bridgehead atoms. The van der Waals surface area contributed by atoms with Gasteiger partial charge in [-0.3, -0.25) is 0 Å². The number of benzene rings is 1. The highest BCUT2D eigenvalue weighted by atomic mass is 15.4. The number of hydrogen-bond acceptors (Lipinski definition) is 4. The minimum absolute atomic E-state index is 0.292. The largest absolute Gasteiger partial charge is 0.311 e. The summed E-state index contributed by atoms with van der Waals surface area (Å²) in [7, 11) is 0. The zero-order chi connectivity index (χ0) is 19.3. The predicted octanol–water partition coefficient (Wildman–Crippen LogP) is 3.34. The molecule has 0 saturated carbocycles. The SMILES string of the molecule is CC(C)N1CCC(C)(Cn2c(-n3ncc4ccccc43)nc3c2CNC3)CC1. The molecule has 1 aromatic carbocycles. The van der Waals surface area contributed by atoms with E-state index in [1.807, 2.05) is 10.9 Å². The van der Waals surface area contributed by atoms with E-state index in [0.29, 0.717) is 11.5 Å². The Morgan fingerprint density at radius 3 is 2.71 bits per heavy atom. The summed E-state index contributed by atoms with van der Waals surface area (Å²) in [6, 6.07) is 9.02. The number of rotatable bonds is 4. The van der Waals surface area contributed by atoms with E-state index in [4.69, 9.17) is 10.1 Å². The van der Waals surface area contributed by atoms with Crippen LogP contribution in [-0.2, 0) is 19.6 Å². The molecule has 2 aliphatic heterocycles. The molecular formula is C22H30N6. The molecule has 0 spiro atoms. The van der Waals surface area contributed by atoms with Gasteiger partial charge in [-0.2, -0.15) is 9.78 Å². The summed E-state index contributed by atoms with van der Waals surface area (Å²) < 4.78 is 4.47. The summed E-state index contributed by atoms with van der Waals surface area (Å²) in [6.07, 6.45) is 4.40. The Hall–Kier alpha value is -2.18. The summed E-state index contributed by atoms with van der Waals surface area (Å²) in [5.74, 6) is 0.972. The Bertz CT molecular complexity index is 990. The highest BCUT2D eigenvalue weighted by molar-refractivity contribution is 5.79. The van der Waals surface area contributed by atoms with Crippen LogP contribution in [0.1, 0.15) is 45.0 Å². The lowest BCUT2D eigenvalue weighted by Gasteiger charge is -2.41. The lowest BCUT2D eigenvalue weighted by molar-refractivity contribution is 0.0816. The van der Waals surface area contributed by atoms with Gasteiger partial charge in [-0.15, -0.1) is 0 Å². The van der Waals surface area contributed by atoms with Crippen molar-refractivity contribution in [3.63, 3.8) is 0 Å². The molecule has 1 fully saturated rings. The van der Waals surface area contributed by atoms with Gasteiger partial charge in [0.25, 0.3) is 0 Å². The van der Waals surface area contributed by atoms with Crippen molar-refractivity contribution >= 4 is 10.9 Å². The van der Waals surface area contributed by atoms with Crippen LogP contribution < -0.4 is 5.32 Å². The van der Waals surface area contributed by atoms with E-state index >= 15 is 0 Å². The van der Waals surface area contributed by atoms with Crippen molar-refractivity contribution in [3.05, 3.63) is 41.9 Å². The molecule has 148 valence electrons. The summed E-state index contributed by atoms with van der Waals surface area (Å²) in [6.45, 7) is 12.2. The molecule has 0 amide bonds. The first-order valence-corrected chi connectivity index (χ1v) is 10.5. The van der Waals surface area contributed by atoms with Gasteiger partial charge in [-0.05, 0) is 51.3 Å². The van der Waals surface area contributed by atoms with Crippen LogP contribution in [0.25, 0.3) is 16.9 Å². The van der Waals surface area contributed by atoms with Gasteiger partial charge in [0.05, 0.1) is 23.1 Å². The molecule has 1 N–H and O–H groups in total. The van der Waals surface area contributed by atoms with Gasteiger partial charge in [0.2, 0.25) is 5.95 Å². The van der Waals surface area contributed by atoms with Crippen molar-refractivity contribution in [3.8, 4) is 5.95 Å². The van der Waals surface area contributed by atoms with Gasteiger partial charge in [0.15, 0.2) is 0 Å². The van der Waals surface area contributed by atoms with Crippen LogP contribution >= 0.6 is 0 Å². The maximum atomic E-state index is 5.01. The smallest absolute Gasteiger partial charge is 0.231 e. The molecule has 4 heterocycles. The molecule has 6 heteroatoms. The maximum Gasteiger partial charge on any atom is 0.231 e. The van der Waals surface area contributed by atoms with Gasteiger partial charge in [0.1, 0.15) is 0 Å². The molecule has 5 rings (SSSR count). The predicted molar refractivity (Wildman–Crippen MR) is 111 cm³/mol. The molecule has 0 radical (unpaired) electrons. The first kappa shape index (κ1) is 17.9. The van der Waals surface area contributed by atoms with E-state index in [-0.39, 0.29) is 0 Å². The lowest BCUT2D eigenvalue weighted by Crippen LogP contribution is -2.44. The number of imidazole rings is 1. The van der Waals surface area contributed by atoms with Gasteiger partial charge < -0.3 is 14.8 Å². The maximum absolute atomic E-state index is 5.01. The topological polar surface area (TPSA) is 50.9 Å². The van der Waals surface area contributed by atoms with Crippen LogP contribution in [0.3, 0.4) is 0 Å². The second-order valence-corrected chi connectivity index (χ2v) is 9.05. The summed E-state index contributed by atoms with van der Waals surface area (Å²) >= 11 is 0. The van der Waals surface area contributed by atoms with Gasteiger partial charge in [0, 0.05) is 31.1 Å². The standard InChI is InChI=1S/C22H30N6/c1-16(2)26-10-8-22(3,9-11-26)15-27-20-14-23-13-18(20)25-21(27)28-19-7-5-4-6-17(19)12-24-28/h4-7,12,16,23H,8-11,13-15H2,1-3H3. The van der Waals surface area contributed by atoms with Gasteiger partial charge in [-0.25, -0.2) is 4.98 Å².